The second-order valence-electron chi connectivity index (χ2n) is 11.6. The number of benzene rings is 3. The first-order valence-electron chi connectivity index (χ1n) is 14.1. The summed E-state index contributed by atoms with van der Waals surface area (Å²) in [7, 11) is -2.75. The van der Waals surface area contributed by atoms with Gasteiger partial charge in [-0.2, -0.15) is 0 Å². The van der Waals surface area contributed by atoms with E-state index < -0.39 is 34.1 Å². The number of hydrogen-bond donors (Lipinski definition) is 1. The molecule has 1 N–H and O–H groups in total. The van der Waals surface area contributed by atoms with Gasteiger partial charge in [0.05, 0.1) is 17.7 Å². The van der Waals surface area contributed by atoms with Gasteiger partial charge in [-0.25, -0.2) is 8.42 Å². The predicted molar refractivity (Wildman–Crippen MR) is 167 cm³/mol. The quantitative estimate of drug-likeness (QED) is 0.315. The lowest BCUT2D eigenvalue weighted by molar-refractivity contribution is -0.141. The minimum absolute atomic E-state index is 0.0485. The molecule has 42 heavy (non-hydrogen) atoms. The topological polar surface area (TPSA) is 96.0 Å². The average molecular weight is 594 g/mol. The van der Waals surface area contributed by atoms with Crippen molar-refractivity contribution in [2.24, 2.45) is 0 Å². The molecule has 9 heteroatoms. The van der Waals surface area contributed by atoms with Gasteiger partial charge in [-0.15, -0.1) is 0 Å². The normalized spacial score (nSPS) is 12.4. The molecule has 0 saturated heterocycles. The molecule has 226 valence electrons. The van der Waals surface area contributed by atoms with Crippen LogP contribution < -0.4 is 14.4 Å². The lowest BCUT2D eigenvalue weighted by Crippen LogP contribution is -2.55. The number of ether oxygens (including phenoxy) is 1. The fraction of sp³-hybridized carbons (Fsp3) is 0.394. The number of aryl methyl sites for hydroxylation is 3. The summed E-state index contributed by atoms with van der Waals surface area (Å²) < 4.78 is 35.0. The summed E-state index contributed by atoms with van der Waals surface area (Å²) in [6.45, 7) is 12.8. The van der Waals surface area contributed by atoms with Crippen molar-refractivity contribution < 1.29 is 22.7 Å². The zero-order chi connectivity index (χ0) is 31.2. The van der Waals surface area contributed by atoms with Crippen molar-refractivity contribution in [2.75, 3.05) is 18.0 Å². The van der Waals surface area contributed by atoms with Gasteiger partial charge in [0.2, 0.25) is 11.8 Å². The number of sulfonamides is 1. The number of carbonyl (C=O) groups is 2. The van der Waals surface area contributed by atoms with Gasteiger partial charge < -0.3 is 15.0 Å². The van der Waals surface area contributed by atoms with Crippen LogP contribution in [-0.4, -0.2) is 50.4 Å². The molecule has 0 saturated carbocycles. The fourth-order valence-electron chi connectivity index (χ4n) is 4.69. The predicted octanol–water partition coefficient (Wildman–Crippen LogP) is 5.54. The molecule has 0 heterocycles. The maximum Gasteiger partial charge on any atom is 0.264 e. The first-order chi connectivity index (χ1) is 19.7. The Balaban J connectivity index is 2.15. The van der Waals surface area contributed by atoms with Crippen LogP contribution >= 0.6 is 0 Å². The second kappa shape index (κ2) is 13.4. The van der Waals surface area contributed by atoms with E-state index in [9.17, 15) is 18.0 Å². The van der Waals surface area contributed by atoms with E-state index in [4.69, 9.17) is 4.74 Å². The van der Waals surface area contributed by atoms with E-state index in [1.807, 2.05) is 78.8 Å². The van der Waals surface area contributed by atoms with Crippen LogP contribution in [0.25, 0.3) is 0 Å². The Labute approximate surface area is 250 Å². The smallest absolute Gasteiger partial charge is 0.264 e. The highest BCUT2D eigenvalue weighted by Crippen LogP contribution is 2.34. The van der Waals surface area contributed by atoms with Gasteiger partial charge in [0.25, 0.3) is 10.0 Å². The Morgan fingerprint density at radius 1 is 0.929 bits per heavy atom. The van der Waals surface area contributed by atoms with Crippen LogP contribution in [0, 0.1) is 20.8 Å². The number of methoxy groups -OCH3 is 1. The van der Waals surface area contributed by atoms with Crippen molar-refractivity contribution in [1.29, 1.82) is 0 Å². The largest absolute Gasteiger partial charge is 0.495 e. The van der Waals surface area contributed by atoms with Gasteiger partial charge in [0.15, 0.2) is 0 Å². The molecule has 3 aromatic rings. The molecule has 0 aliphatic heterocycles. The van der Waals surface area contributed by atoms with Crippen LogP contribution in [0.4, 0.5) is 5.69 Å². The number of hydrogen-bond acceptors (Lipinski definition) is 5. The zero-order valence-electron chi connectivity index (χ0n) is 25.9. The summed E-state index contributed by atoms with van der Waals surface area (Å²) in [6.07, 6.45) is 0.345. The summed E-state index contributed by atoms with van der Waals surface area (Å²) in [6, 6.07) is 18.5. The third-order valence-electron chi connectivity index (χ3n) is 6.98. The molecule has 0 aromatic heterocycles. The average Bonchev–Trinajstić information content (AvgIpc) is 2.91. The molecule has 2 amide bonds. The lowest BCUT2D eigenvalue weighted by atomic mass is 10.0. The maximum absolute atomic E-state index is 14.3. The molecular weight excluding hydrogens is 550 g/mol. The number of amides is 2. The molecule has 0 aliphatic rings. The van der Waals surface area contributed by atoms with E-state index in [-0.39, 0.29) is 23.0 Å². The second-order valence-corrected chi connectivity index (χ2v) is 13.5. The Kier molecular flexibility index (Phi) is 10.4. The van der Waals surface area contributed by atoms with E-state index in [1.54, 1.807) is 24.3 Å². The summed E-state index contributed by atoms with van der Waals surface area (Å²) in [5.41, 5.74) is 3.27. The van der Waals surface area contributed by atoms with Gasteiger partial charge in [-0.3, -0.25) is 13.9 Å². The lowest BCUT2D eigenvalue weighted by Gasteiger charge is -2.35. The van der Waals surface area contributed by atoms with Crippen LogP contribution in [0.15, 0.2) is 71.6 Å². The summed E-state index contributed by atoms with van der Waals surface area (Å²) in [5.74, 6) is -0.492. The summed E-state index contributed by atoms with van der Waals surface area (Å²) in [5, 5.41) is 2.99. The Bertz CT molecular complexity index is 1510. The van der Waals surface area contributed by atoms with Gasteiger partial charge in [-0.1, -0.05) is 55.0 Å². The molecule has 0 bridgehead atoms. The van der Waals surface area contributed by atoms with Crippen molar-refractivity contribution in [1.82, 2.24) is 10.2 Å². The van der Waals surface area contributed by atoms with Crippen molar-refractivity contribution in [3.63, 3.8) is 0 Å². The highest BCUT2D eigenvalue weighted by molar-refractivity contribution is 7.92. The van der Waals surface area contributed by atoms with Crippen molar-refractivity contribution in [3.8, 4) is 5.75 Å². The highest BCUT2D eigenvalue weighted by atomic mass is 32.2. The van der Waals surface area contributed by atoms with Gasteiger partial charge in [-0.05, 0) is 88.9 Å². The van der Waals surface area contributed by atoms with Gasteiger partial charge >= 0.3 is 0 Å². The molecule has 0 aliphatic carbocycles. The molecule has 0 spiro atoms. The Morgan fingerprint density at radius 2 is 1.55 bits per heavy atom. The Morgan fingerprint density at radius 3 is 2.12 bits per heavy atom. The van der Waals surface area contributed by atoms with Crippen LogP contribution in [0.3, 0.4) is 0 Å². The standard InChI is InChI=1S/C33H43N3O5S/c1-9-28(32(38)34-33(5,6)7)35(21-26-13-11-10-12-25(26)4)31(37)22-36(29-20-24(3)16-19-30(29)41-8)42(39,40)27-17-14-23(2)15-18-27/h10-20,28H,9,21-22H2,1-8H3,(H,34,38). The van der Waals surface area contributed by atoms with Gasteiger partial charge in [0, 0.05) is 12.1 Å². The summed E-state index contributed by atoms with van der Waals surface area (Å²) >= 11 is 0. The van der Waals surface area contributed by atoms with E-state index in [2.05, 4.69) is 5.32 Å². The summed E-state index contributed by atoms with van der Waals surface area (Å²) in [4.78, 5) is 29.4. The molecule has 1 atom stereocenters. The van der Waals surface area contributed by atoms with E-state index in [0.717, 1.165) is 26.6 Å². The van der Waals surface area contributed by atoms with Crippen molar-refractivity contribution in [3.05, 3.63) is 89.0 Å². The van der Waals surface area contributed by atoms with Crippen LogP contribution in [0.1, 0.15) is 56.4 Å². The zero-order valence-corrected chi connectivity index (χ0v) is 26.7. The molecular formula is C33H43N3O5S. The molecule has 3 rings (SSSR count). The maximum atomic E-state index is 14.3. The SMILES string of the molecule is CCC(C(=O)NC(C)(C)C)N(Cc1ccccc1C)C(=O)CN(c1cc(C)ccc1OC)S(=O)(=O)c1ccc(C)cc1. The van der Waals surface area contributed by atoms with E-state index >= 15 is 0 Å². The molecule has 8 nitrogen and oxygen atoms in total. The first-order valence-corrected chi connectivity index (χ1v) is 15.5. The first kappa shape index (κ1) is 32.7. The van der Waals surface area contributed by atoms with Crippen LogP contribution in [-0.2, 0) is 26.2 Å². The van der Waals surface area contributed by atoms with Crippen molar-refractivity contribution in [2.45, 2.75) is 77.9 Å². The monoisotopic (exact) mass is 593 g/mol. The molecule has 1 unspecified atom stereocenters. The van der Waals surface area contributed by atoms with Crippen LogP contribution in [0.5, 0.6) is 5.75 Å². The van der Waals surface area contributed by atoms with Gasteiger partial charge in [0.1, 0.15) is 18.3 Å². The third-order valence-corrected chi connectivity index (χ3v) is 8.75. The molecule has 0 fully saturated rings. The molecule has 3 aromatic carbocycles. The highest BCUT2D eigenvalue weighted by Gasteiger charge is 2.35. The fourth-order valence-corrected chi connectivity index (χ4v) is 6.11. The number of rotatable bonds is 11. The number of carbonyl (C=O) groups excluding carboxylic acids is 2. The molecule has 0 radical (unpaired) electrons. The number of anilines is 1. The van der Waals surface area contributed by atoms with Crippen LogP contribution in [0.2, 0.25) is 0 Å². The van der Waals surface area contributed by atoms with E-state index in [1.165, 1.54) is 24.1 Å². The van der Waals surface area contributed by atoms with E-state index in [0.29, 0.717) is 12.2 Å². The number of nitrogens with one attached hydrogen (secondary N) is 1. The third kappa shape index (κ3) is 7.91. The minimum atomic E-state index is -4.21. The van der Waals surface area contributed by atoms with Crippen molar-refractivity contribution >= 4 is 27.5 Å². The Hall–Kier alpha value is -3.85. The minimum Gasteiger partial charge on any atom is -0.495 e. The number of nitrogens with zero attached hydrogens (tertiary/aromatic N) is 2.